The van der Waals surface area contributed by atoms with Crippen molar-refractivity contribution >= 4 is 27.5 Å². The van der Waals surface area contributed by atoms with E-state index in [4.69, 9.17) is 4.52 Å². The summed E-state index contributed by atoms with van der Waals surface area (Å²) in [7, 11) is -3.48. The van der Waals surface area contributed by atoms with E-state index < -0.39 is 9.84 Å². The van der Waals surface area contributed by atoms with Gasteiger partial charge < -0.3 is 14.7 Å². The zero-order valence-corrected chi connectivity index (χ0v) is 16.4. The van der Waals surface area contributed by atoms with Gasteiger partial charge in [0.05, 0.1) is 10.6 Å². The van der Waals surface area contributed by atoms with Crippen molar-refractivity contribution in [2.45, 2.75) is 31.1 Å². The second-order valence-corrected chi connectivity index (χ2v) is 8.96. The third-order valence-electron chi connectivity index (χ3n) is 4.78. The van der Waals surface area contributed by atoms with Crippen molar-refractivity contribution < 1.29 is 22.5 Å². The molecule has 1 aliphatic heterocycles. The quantitative estimate of drug-likeness (QED) is 0.787. The largest absolute Gasteiger partial charge is 0.360 e. The van der Waals surface area contributed by atoms with Crippen LogP contribution in [0.4, 0.5) is 5.82 Å². The zero-order valence-electron chi connectivity index (χ0n) is 15.6. The molecular weight excluding hydrogens is 382 g/mol. The minimum absolute atomic E-state index is 0.0632. The van der Waals surface area contributed by atoms with Gasteiger partial charge in [-0.05, 0) is 31.9 Å². The van der Waals surface area contributed by atoms with Gasteiger partial charge in [-0.25, -0.2) is 8.42 Å². The standard InChI is InChI=1S/C19H23N3O5S/c1-14-13-17(21-27-14)20-19(24)15-7-10-22(11-8-15)18(23)9-12-28(25,26)16-5-3-2-4-6-16/h2-6,13,15H,7-12H2,1H3,(H,20,21,24). The van der Waals surface area contributed by atoms with E-state index in [0.29, 0.717) is 37.5 Å². The van der Waals surface area contributed by atoms with Crippen LogP contribution in [-0.2, 0) is 19.4 Å². The molecule has 1 aromatic carbocycles. The Labute approximate surface area is 163 Å². The van der Waals surface area contributed by atoms with Crippen LogP contribution in [0, 0.1) is 12.8 Å². The summed E-state index contributed by atoms with van der Waals surface area (Å²) >= 11 is 0. The molecule has 28 heavy (non-hydrogen) atoms. The van der Waals surface area contributed by atoms with Crippen molar-refractivity contribution in [2.75, 3.05) is 24.2 Å². The van der Waals surface area contributed by atoms with Crippen LogP contribution in [0.3, 0.4) is 0 Å². The summed E-state index contributed by atoms with van der Waals surface area (Å²) in [5, 5.41) is 6.45. The van der Waals surface area contributed by atoms with Gasteiger partial charge in [0, 0.05) is 31.5 Å². The monoisotopic (exact) mass is 405 g/mol. The van der Waals surface area contributed by atoms with Crippen LogP contribution in [0.1, 0.15) is 25.0 Å². The first kappa shape index (κ1) is 20.1. The van der Waals surface area contributed by atoms with Crippen LogP contribution in [0.25, 0.3) is 0 Å². The van der Waals surface area contributed by atoms with Gasteiger partial charge in [-0.15, -0.1) is 0 Å². The van der Waals surface area contributed by atoms with Crippen LogP contribution in [0.2, 0.25) is 0 Å². The number of sulfone groups is 1. The number of likely N-dealkylation sites (tertiary alicyclic amines) is 1. The SMILES string of the molecule is Cc1cc(NC(=O)C2CCN(C(=O)CCS(=O)(=O)c3ccccc3)CC2)no1. The fourth-order valence-electron chi connectivity index (χ4n) is 3.17. The smallest absolute Gasteiger partial charge is 0.228 e. The van der Waals surface area contributed by atoms with E-state index in [0.717, 1.165) is 0 Å². The number of carbonyl (C=O) groups is 2. The number of anilines is 1. The summed E-state index contributed by atoms with van der Waals surface area (Å²) in [4.78, 5) is 26.5. The molecular formula is C19H23N3O5S. The maximum Gasteiger partial charge on any atom is 0.228 e. The van der Waals surface area contributed by atoms with Gasteiger partial charge in [-0.2, -0.15) is 0 Å². The molecule has 1 aliphatic rings. The molecule has 2 heterocycles. The number of amides is 2. The summed E-state index contributed by atoms with van der Waals surface area (Å²) < 4.78 is 29.5. The molecule has 2 amide bonds. The Morgan fingerprint density at radius 2 is 1.89 bits per heavy atom. The number of nitrogens with zero attached hydrogens (tertiary/aromatic N) is 2. The number of hydrogen-bond donors (Lipinski definition) is 1. The van der Waals surface area contributed by atoms with Gasteiger partial charge in [0.2, 0.25) is 11.8 Å². The van der Waals surface area contributed by atoms with Crippen LogP contribution < -0.4 is 5.32 Å². The average Bonchev–Trinajstić information content (AvgIpc) is 3.11. The number of rotatable bonds is 6. The molecule has 1 aromatic heterocycles. The summed E-state index contributed by atoms with van der Waals surface area (Å²) in [5.74, 6) is 0.210. The Balaban J connectivity index is 1.46. The molecule has 0 radical (unpaired) electrons. The molecule has 0 spiro atoms. The molecule has 0 unspecified atom stereocenters. The Morgan fingerprint density at radius 3 is 2.50 bits per heavy atom. The first-order valence-electron chi connectivity index (χ1n) is 9.15. The molecule has 1 fully saturated rings. The molecule has 1 saturated heterocycles. The fourth-order valence-corrected chi connectivity index (χ4v) is 4.42. The lowest BCUT2D eigenvalue weighted by Crippen LogP contribution is -2.41. The Morgan fingerprint density at radius 1 is 1.21 bits per heavy atom. The third kappa shape index (κ3) is 4.98. The van der Waals surface area contributed by atoms with E-state index in [1.807, 2.05) is 0 Å². The maximum absolute atomic E-state index is 12.4. The van der Waals surface area contributed by atoms with Gasteiger partial charge in [-0.3, -0.25) is 9.59 Å². The molecule has 0 atom stereocenters. The highest BCUT2D eigenvalue weighted by atomic mass is 32.2. The Bertz CT molecular complexity index is 931. The highest BCUT2D eigenvalue weighted by molar-refractivity contribution is 7.91. The molecule has 0 saturated carbocycles. The zero-order chi connectivity index (χ0) is 20.1. The normalized spacial score (nSPS) is 15.4. The number of hydrogen-bond acceptors (Lipinski definition) is 6. The first-order chi connectivity index (χ1) is 13.3. The lowest BCUT2D eigenvalue weighted by Gasteiger charge is -2.31. The van der Waals surface area contributed by atoms with E-state index >= 15 is 0 Å². The van der Waals surface area contributed by atoms with Crippen LogP contribution in [0.15, 0.2) is 45.8 Å². The first-order valence-corrected chi connectivity index (χ1v) is 10.8. The van der Waals surface area contributed by atoms with Crippen LogP contribution in [-0.4, -0.2) is 49.1 Å². The lowest BCUT2D eigenvalue weighted by atomic mass is 9.95. The average molecular weight is 405 g/mol. The fraction of sp³-hybridized carbons (Fsp3) is 0.421. The van der Waals surface area contributed by atoms with Crippen molar-refractivity contribution in [3.8, 4) is 0 Å². The van der Waals surface area contributed by atoms with Gasteiger partial charge in [0.15, 0.2) is 15.7 Å². The molecule has 0 aliphatic carbocycles. The van der Waals surface area contributed by atoms with Crippen molar-refractivity contribution in [3.63, 3.8) is 0 Å². The number of benzene rings is 1. The third-order valence-corrected chi connectivity index (χ3v) is 6.52. The topological polar surface area (TPSA) is 110 Å². The summed E-state index contributed by atoms with van der Waals surface area (Å²) in [5.41, 5.74) is 0. The second-order valence-electron chi connectivity index (χ2n) is 6.85. The van der Waals surface area contributed by atoms with Gasteiger partial charge in [-0.1, -0.05) is 23.4 Å². The van der Waals surface area contributed by atoms with Crippen LogP contribution in [0.5, 0.6) is 0 Å². The highest BCUT2D eigenvalue weighted by Gasteiger charge is 2.28. The number of carbonyl (C=O) groups excluding carboxylic acids is 2. The van der Waals surface area contributed by atoms with Crippen LogP contribution >= 0.6 is 0 Å². The van der Waals surface area contributed by atoms with Gasteiger partial charge >= 0.3 is 0 Å². The minimum atomic E-state index is -3.48. The summed E-state index contributed by atoms with van der Waals surface area (Å²) in [6.07, 6.45) is 0.992. The highest BCUT2D eigenvalue weighted by Crippen LogP contribution is 2.21. The molecule has 9 heteroatoms. The van der Waals surface area contributed by atoms with E-state index in [1.54, 1.807) is 36.1 Å². The minimum Gasteiger partial charge on any atom is -0.360 e. The van der Waals surface area contributed by atoms with Crippen molar-refractivity contribution in [1.29, 1.82) is 0 Å². The second kappa shape index (κ2) is 8.55. The number of nitrogens with one attached hydrogen (secondary N) is 1. The van der Waals surface area contributed by atoms with Gasteiger partial charge in [0.1, 0.15) is 5.76 Å². The number of aromatic nitrogens is 1. The van der Waals surface area contributed by atoms with Crippen molar-refractivity contribution in [1.82, 2.24) is 10.1 Å². The van der Waals surface area contributed by atoms with E-state index in [-0.39, 0.29) is 34.8 Å². The van der Waals surface area contributed by atoms with Crippen molar-refractivity contribution in [2.24, 2.45) is 5.92 Å². The van der Waals surface area contributed by atoms with E-state index in [2.05, 4.69) is 10.5 Å². The maximum atomic E-state index is 12.4. The Kier molecular flexibility index (Phi) is 6.13. The Hall–Kier alpha value is -2.68. The molecule has 150 valence electrons. The summed E-state index contributed by atoms with van der Waals surface area (Å²) in [6, 6.07) is 9.76. The number of piperidine rings is 1. The summed E-state index contributed by atoms with van der Waals surface area (Å²) in [6.45, 7) is 2.60. The predicted molar refractivity (Wildman–Crippen MR) is 102 cm³/mol. The molecule has 3 rings (SSSR count). The lowest BCUT2D eigenvalue weighted by molar-refractivity contribution is -0.134. The van der Waals surface area contributed by atoms with E-state index in [9.17, 15) is 18.0 Å². The van der Waals surface area contributed by atoms with Gasteiger partial charge in [0.25, 0.3) is 0 Å². The van der Waals surface area contributed by atoms with Crippen molar-refractivity contribution in [3.05, 3.63) is 42.2 Å². The molecule has 2 aromatic rings. The molecule has 8 nitrogen and oxygen atoms in total. The number of aryl methyl sites for hydroxylation is 1. The molecule has 1 N–H and O–H groups in total. The van der Waals surface area contributed by atoms with E-state index in [1.165, 1.54) is 12.1 Å². The molecule has 0 bridgehead atoms. The predicted octanol–water partition coefficient (Wildman–Crippen LogP) is 2.02.